The monoisotopic (exact) mass is 290 g/mol. The fraction of sp³-hybridized carbons (Fsp3) is 0.700. The fourth-order valence-electron chi connectivity index (χ4n) is 1.51. The molecule has 0 aromatic carbocycles. The summed E-state index contributed by atoms with van der Waals surface area (Å²) in [5.41, 5.74) is 0.322. The predicted molar refractivity (Wildman–Crippen MR) is 65.2 cm³/mol. The van der Waals surface area contributed by atoms with Crippen LogP contribution in [-0.4, -0.2) is 24.7 Å². The van der Waals surface area contributed by atoms with E-state index in [2.05, 4.69) is 40.1 Å². The quantitative estimate of drug-likeness (QED) is 0.926. The highest BCUT2D eigenvalue weighted by Gasteiger charge is 2.33. The second-order valence-corrected chi connectivity index (χ2v) is 6.85. The Morgan fingerprint density at radius 2 is 2.47 bits per heavy atom. The molecule has 0 aliphatic carbocycles. The number of thiazole rings is 1. The Balaban J connectivity index is 1.84. The van der Waals surface area contributed by atoms with Crippen LogP contribution in [0.4, 0.5) is 0 Å². The molecule has 1 aliphatic heterocycles. The Morgan fingerprint density at radius 1 is 1.73 bits per heavy atom. The van der Waals surface area contributed by atoms with Crippen LogP contribution in [0.5, 0.6) is 0 Å². The van der Waals surface area contributed by atoms with Crippen LogP contribution >= 0.6 is 27.3 Å². The van der Waals surface area contributed by atoms with Crippen LogP contribution in [0.3, 0.4) is 0 Å². The zero-order valence-electron chi connectivity index (χ0n) is 8.92. The zero-order valence-corrected chi connectivity index (χ0v) is 11.3. The average molecular weight is 291 g/mol. The molecule has 1 unspecified atom stereocenters. The number of ether oxygens (including phenoxy) is 1. The van der Waals surface area contributed by atoms with Crippen LogP contribution in [0.2, 0.25) is 0 Å². The van der Waals surface area contributed by atoms with Crippen molar-refractivity contribution in [1.82, 2.24) is 10.3 Å². The largest absolute Gasteiger partial charge is 0.380 e. The van der Waals surface area contributed by atoms with Crippen molar-refractivity contribution in [2.45, 2.75) is 19.9 Å². The third-order valence-electron chi connectivity index (χ3n) is 2.60. The van der Waals surface area contributed by atoms with Crippen molar-refractivity contribution in [2.75, 3.05) is 19.8 Å². The molecule has 1 aliphatic rings. The van der Waals surface area contributed by atoms with E-state index in [9.17, 15) is 0 Å². The summed E-state index contributed by atoms with van der Waals surface area (Å²) in [6, 6.07) is 0.318. The maximum absolute atomic E-state index is 5.22. The van der Waals surface area contributed by atoms with Crippen LogP contribution in [0.1, 0.15) is 24.9 Å². The first-order valence-corrected chi connectivity index (χ1v) is 6.62. The Labute approximate surface area is 102 Å². The van der Waals surface area contributed by atoms with Gasteiger partial charge < -0.3 is 10.1 Å². The van der Waals surface area contributed by atoms with Crippen molar-refractivity contribution in [3.63, 3.8) is 0 Å². The Hall–Kier alpha value is 0.0300. The first-order chi connectivity index (χ1) is 7.09. The third kappa shape index (κ3) is 2.78. The van der Waals surface area contributed by atoms with Crippen molar-refractivity contribution in [2.24, 2.45) is 5.41 Å². The van der Waals surface area contributed by atoms with Crippen molar-refractivity contribution in [3.05, 3.63) is 15.0 Å². The molecular weight excluding hydrogens is 276 g/mol. The van der Waals surface area contributed by atoms with Gasteiger partial charge in [-0.15, -0.1) is 11.3 Å². The molecule has 2 heterocycles. The summed E-state index contributed by atoms with van der Waals surface area (Å²) in [5, 5.41) is 4.63. The Morgan fingerprint density at radius 3 is 2.93 bits per heavy atom. The first kappa shape index (κ1) is 11.5. The van der Waals surface area contributed by atoms with Crippen LogP contribution in [0, 0.1) is 5.41 Å². The van der Waals surface area contributed by atoms with Gasteiger partial charge in [-0.3, -0.25) is 0 Å². The summed E-state index contributed by atoms with van der Waals surface area (Å²) >= 11 is 5.11. The van der Waals surface area contributed by atoms with Gasteiger partial charge in [0.25, 0.3) is 0 Å². The van der Waals surface area contributed by atoms with Gasteiger partial charge in [0, 0.05) is 12.0 Å². The van der Waals surface area contributed by atoms with Crippen molar-refractivity contribution in [3.8, 4) is 0 Å². The number of rotatable bonds is 4. The van der Waals surface area contributed by atoms with Crippen LogP contribution in [-0.2, 0) is 4.74 Å². The van der Waals surface area contributed by atoms with E-state index < -0.39 is 0 Å². The van der Waals surface area contributed by atoms with E-state index in [1.165, 1.54) is 0 Å². The summed E-state index contributed by atoms with van der Waals surface area (Å²) in [6.45, 7) is 7.12. The van der Waals surface area contributed by atoms with Gasteiger partial charge in [-0.25, -0.2) is 4.98 Å². The zero-order chi connectivity index (χ0) is 10.9. The molecule has 1 saturated heterocycles. The lowest BCUT2D eigenvalue weighted by Crippen LogP contribution is -2.47. The number of aromatic nitrogens is 1. The number of halogens is 1. The molecule has 0 amide bonds. The maximum atomic E-state index is 5.22. The van der Waals surface area contributed by atoms with Crippen LogP contribution in [0.25, 0.3) is 0 Å². The minimum absolute atomic E-state index is 0.318. The lowest BCUT2D eigenvalue weighted by atomic mass is 9.88. The maximum Gasteiger partial charge on any atom is 0.110 e. The number of hydrogen-bond acceptors (Lipinski definition) is 4. The molecule has 1 aromatic rings. The van der Waals surface area contributed by atoms with Crippen molar-refractivity contribution >= 4 is 27.3 Å². The summed E-state index contributed by atoms with van der Waals surface area (Å²) < 4.78 is 6.31. The summed E-state index contributed by atoms with van der Waals surface area (Å²) in [7, 11) is 0. The fourth-order valence-corrected chi connectivity index (χ4v) is 2.78. The Bertz CT molecular complexity index is 338. The standard InChI is InChI=1S/C10H15BrN2OS/c1-7(9-12-3-8(11)15-9)13-4-10(2)5-14-6-10/h3,7,13H,4-6H2,1-2H3. The van der Waals surface area contributed by atoms with Gasteiger partial charge in [0.1, 0.15) is 5.01 Å². The summed E-state index contributed by atoms with van der Waals surface area (Å²) in [4.78, 5) is 4.34. The van der Waals surface area contributed by atoms with E-state index in [-0.39, 0.29) is 0 Å². The lowest BCUT2D eigenvalue weighted by molar-refractivity contribution is -0.0999. The second kappa shape index (κ2) is 4.49. The molecule has 2 rings (SSSR count). The molecule has 84 valence electrons. The van der Waals surface area contributed by atoms with Gasteiger partial charge in [-0.1, -0.05) is 6.92 Å². The lowest BCUT2D eigenvalue weighted by Gasteiger charge is -2.38. The van der Waals surface area contributed by atoms with E-state index in [0.717, 1.165) is 28.6 Å². The van der Waals surface area contributed by atoms with Gasteiger partial charge in [0.2, 0.25) is 0 Å². The SMILES string of the molecule is CC(NCC1(C)COC1)c1ncc(Br)s1. The molecule has 1 atom stereocenters. The van der Waals surface area contributed by atoms with E-state index in [1.807, 2.05) is 6.20 Å². The minimum atomic E-state index is 0.318. The third-order valence-corrected chi connectivity index (χ3v) is 4.26. The molecule has 0 radical (unpaired) electrons. The predicted octanol–water partition coefficient (Wildman–Crippen LogP) is 2.59. The van der Waals surface area contributed by atoms with E-state index >= 15 is 0 Å². The summed E-state index contributed by atoms with van der Waals surface area (Å²) in [6.07, 6.45) is 1.85. The summed E-state index contributed by atoms with van der Waals surface area (Å²) in [5.74, 6) is 0. The number of nitrogens with zero attached hydrogens (tertiary/aromatic N) is 1. The van der Waals surface area contributed by atoms with Gasteiger partial charge >= 0.3 is 0 Å². The van der Waals surface area contributed by atoms with Crippen LogP contribution < -0.4 is 5.32 Å². The molecule has 1 fully saturated rings. The smallest absolute Gasteiger partial charge is 0.110 e. The number of nitrogens with one attached hydrogen (secondary N) is 1. The molecule has 1 aromatic heterocycles. The van der Waals surface area contributed by atoms with E-state index in [4.69, 9.17) is 4.74 Å². The molecule has 0 spiro atoms. The normalized spacial score (nSPS) is 21.0. The molecule has 5 heteroatoms. The molecule has 0 saturated carbocycles. The first-order valence-electron chi connectivity index (χ1n) is 5.01. The highest BCUT2D eigenvalue weighted by Crippen LogP contribution is 2.28. The van der Waals surface area contributed by atoms with Gasteiger partial charge in [0.15, 0.2) is 0 Å². The molecule has 0 bridgehead atoms. The average Bonchev–Trinajstić information content (AvgIpc) is 2.58. The molecule has 15 heavy (non-hydrogen) atoms. The van der Waals surface area contributed by atoms with Gasteiger partial charge in [-0.2, -0.15) is 0 Å². The van der Waals surface area contributed by atoms with Gasteiger partial charge in [0.05, 0.1) is 29.2 Å². The number of hydrogen-bond donors (Lipinski definition) is 1. The minimum Gasteiger partial charge on any atom is -0.380 e. The molecular formula is C10H15BrN2OS. The van der Waals surface area contributed by atoms with Crippen LogP contribution in [0.15, 0.2) is 9.98 Å². The highest BCUT2D eigenvalue weighted by atomic mass is 79.9. The van der Waals surface area contributed by atoms with Gasteiger partial charge in [-0.05, 0) is 22.9 Å². The molecule has 3 nitrogen and oxygen atoms in total. The van der Waals surface area contributed by atoms with Crippen molar-refractivity contribution < 1.29 is 4.74 Å². The Kier molecular flexibility index (Phi) is 3.45. The van der Waals surface area contributed by atoms with Crippen molar-refractivity contribution in [1.29, 1.82) is 0 Å². The molecule has 1 N–H and O–H groups in total. The highest BCUT2D eigenvalue weighted by molar-refractivity contribution is 9.11. The topological polar surface area (TPSA) is 34.1 Å². The van der Waals surface area contributed by atoms with E-state index in [0.29, 0.717) is 11.5 Å². The second-order valence-electron chi connectivity index (χ2n) is 4.41. The van der Waals surface area contributed by atoms with E-state index in [1.54, 1.807) is 11.3 Å².